The van der Waals surface area contributed by atoms with Crippen LogP contribution in [0.4, 0.5) is 23.0 Å². The minimum Gasteiger partial charge on any atom is -0.494 e. The molecule has 1 aliphatic heterocycles. The van der Waals surface area contributed by atoms with Gasteiger partial charge < -0.3 is 29.6 Å². The second-order valence-electron chi connectivity index (χ2n) is 9.51. The number of aryl methyl sites for hydroxylation is 1. The van der Waals surface area contributed by atoms with Crippen molar-refractivity contribution in [3.63, 3.8) is 0 Å². The van der Waals surface area contributed by atoms with Crippen LogP contribution in [0.25, 0.3) is 22.6 Å². The van der Waals surface area contributed by atoms with E-state index in [-0.39, 0.29) is 5.91 Å². The predicted molar refractivity (Wildman–Crippen MR) is 157 cm³/mol. The van der Waals surface area contributed by atoms with Gasteiger partial charge in [0.15, 0.2) is 5.82 Å². The molecule has 2 N–H and O–H groups in total. The molecular formula is C29H34N8O3. The quantitative estimate of drug-likeness (QED) is 0.290. The highest BCUT2D eigenvalue weighted by atomic mass is 16.5. The first kappa shape index (κ1) is 27.1. The second-order valence-corrected chi connectivity index (χ2v) is 9.51. The number of nitrogens with one attached hydrogen (secondary N) is 2. The van der Waals surface area contributed by atoms with Crippen LogP contribution in [0.15, 0.2) is 61.3 Å². The van der Waals surface area contributed by atoms with Crippen LogP contribution in [0.2, 0.25) is 0 Å². The lowest BCUT2D eigenvalue weighted by Crippen LogP contribution is -2.40. The van der Waals surface area contributed by atoms with Crippen molar-refractivity contribution < 1.29 is 14.3 Å². The largest absolute Gasteiger partial charge is 0.494 e. The van der Waals surface area contributed by atoms with E-state index in [4.69, 9.17) is 19.4 Å². The first-order valence-corrected chi connectivity index (χ1v) is 13.2. The number of hydrogen-bond donors (Lipinski definition) is 2. The molecule has 0 spiro atoms. The van der Waals surface area contributed by atoms with Crippen LogP contribution >= 0.6 is 0 Å². The third-order valence-corrected chi connectivity index (χ3v) is 6.95. The van der Waals surface area contributed by atoms with Gasteiger partial charge >= 0.3 is 0 Å². The van der Waals surface area contributed by atoms with Gasteiger partial charge in [-0.2, -0.15) is 0 Å². The average Bonchev–Trinajstić information content (AvgIpc) is 3.33. The summed E-state index contributed by atoms with van der Waals surface area (Å²) in [4.78, 5) is 30.7. The number of benzene rings is 2. The number of methoxy groups -OCH3 is 1. The van der Waals surface area contributed by atoms with Crippen molar-refractivity contribution in [3.05, 3.63) is 61.3 Å². The van der Waals surface area contributed by atoms with Crippen LogP contribution in [0.5, 0.6) is 5.75 Å². The van der Waals surface area contributed by atoms with Crippen LogP contribution in [0.3, 0.4) is 0 Å². The molecule has 11 heteroatoms. The molecular weight excluding hydrogens is 508 g/mol. The molecule has 40 heavy (non-hydrogen) atoms. The molecule has 1 aliphatic rings. The number of fused-ring (bicyclic) bond motifs is 1. The smallest absolute Gasteiger partial charge is 0.247 e. The molecule has 0 bridgehead atoms. The standard InChI is InChI=1S/C29H34N8O3/c1-5-27(38)31-22-18-23(26(39-4)19-25(22)35(2)12-13-37-14-16-40-17-15-37)34-29-30-11-10-21(33-29)28-32-20-8-6-7-9-24(20)36(28)3/h5-11,18-19H,1,12-17H2,2-4H3,(H,31,38)(H,30,33,34). The lowest BCUT2D eigenvalue weighted by Gasteiger charge is -2.30. The van der Waals surface area contributed by atoms with Crippen molar-refractivity contribution >= 4 is 40.0 Å². The number of carbonyl (C=O) groups excluding carboxylic acids is 1. The lowest BCUT2D eigenvalue weighted by atomic mass is 10.2. The number of anilines is 4. The van der Waals surface area contributed by atoms with E-state index in [1.54, 1.807) is 13.3 Å². The van der Waals surface area contributed by atoms with Gasteiger partial charge in [0, 0.05) is 52.5 Å². The Morgan fingerprint density at radius 2 is 1.98 bits per heavy atom. The minimum atomic E-state index is -0.306. The third-order valence-electron chi connectivity index (χ3n) is 6.95. The predicted octanol–water partition coefficient (Wildman–Crippen LogP) is 3.68. The SMILES string of the molecule is C=CC(=O)Nc1cc(Nc2nccc(-c3nc4ccccc4n3C)n2)c(OC)cc1N(C)CCN1CCOCC1. The third kappa shape index (κ3) is 5.90. The molecule has 0 radical (unpaired) electrons. The van der Waals surface area contributed by atoms with Crippen molar-refractivity contribution in [2.24, 2.45) is 7.05 Å². The Hall–Kier alpha value is -4.48. The Labute approximate surface area is 233 Å². The van der Waals surface area contributed by atoms with Crippen LogP contribution < -0.4 is 20.3 Å². The van der Waals surface area contributed by atoms with E-state index in [2.05, 4.69) is 32.0 Å². The van der Waals surface area contributed by atoms with Crippen LogP contribution in [0, 0.1) is 0 Å². The molecule has 3 heterocycles. The average molecular weight is 543 g/mol. The monoisotopic (exact) mass is 542 g/mol. The number of nitrogens with zero attached hydrogens (tertiary/aromatic N) is 6. The number of ether oxygens (including phenoxy) is 2. The lowest BCUT2D eigenvalue weighted by molar-refractivity contribution is -0.111. The fraction of sp³-hybridized carbons (Fsp3) is 0.310. The summed E-state index contributed by atoms with van der Waals surface area (Å²) in [6.07, 6.45) is 2.93. The summed E-state index contributed by atoms with van der Waals surface area (Å²) in [5, 5.41) is 6.20. The normalized spacial score (nSPS) is 13.7. The molecule has 4 aromatic rings. The Morgan fingerprint density at radius 1 is 1.18 bits per heavy atom. The van der Waals surface area contributed by atoms with Crippen molar-refractivity contribution in [3.8, 4) is 17.3 Å². The van der Waals surface area contributed by atoms with Crippen LogP contribution in [0.1, 0.15) is 0 Å². The fourth-order valence-electron chi connectivity index (χ4n) is 4.71. The van der Waals surface area contributed by atoms with Gasteiger partial charge in [0.1, 0.15) is 11.4 Å². The Balaban J connectivity index is 1.43. The minimum absolute atomic E-state index is 0.306. The van der Waals surface area contributed by atoms with Gasteiger partial charge in [0.25, 0.3) is 0 Å². The number of morpholine rings is 1. The van der Waals surface area contributed by atoms with Gasteiger partial charge in [-0.05, 0) is 30.3 Å². The highest BCUT2D eigenvalue weighted by molar-refractivity contribution is 6.02. The van der Waals surface area contributed by atoms with Crippen molar-refractivity contribution in [1.29, 1.82) is 0 Å². The molecule has 2 aromatic carbocycles. The van der Waals surface area contributed by atoms with E-state index in [0.29, 0.717) is 28.8 Å². The number of imidazole rings is 1. The molecule has 2 aromatic heterocycles. The Bertz CT molecular complexity index is 1510. The van der Waals surface area contributed by atoms with Gasteiger partial charge in [0.05, 0.1) is 48.4 Å². The maximum Gasteiger partial charge on any atom is 0.247 e. The van der Waals surface area contributed by atoms with E-state index in [1.807, 2.05) is 61.1 Å². The summed E-state index contributed by atoms with van der Waals surface area (Å²) in [7, 11) is 5.57. The highest BCUT2D eigenvalue weighted by Crippen LogP contribution is 2.38. The molecule has 208 valence electrons. The summed E-state index contributed by atoms with van der Waals surface area (Å²) < 4.78 is 13.2. The topological polar surface area (TPSA) is 110 Å². The Kier molecular flexibility index (Phi) is 8.23. The molecule has 1 amide bonds. The number of aromatic nitrogens is 4. The molecule has 0 unspecified atom stereocenters. The van der Waals surface area contributed by atoms with Gasteiger partial charge in [-0.25, -0.2) is 15.0 Å². The number of para-hydroxylation sites is 2. The molecule has 5 rings (SSSR count). The van der Waals surface area contributed by atoms with E-state index in [1.165, 1.54) is 6.08 Å². The van der Waals surface area contributed by atoms with Crippen LogP contribution in [-0.2, 0) is 16.6 Å². The summed E-state index contributed by atoms with van der Waals surface area (Å²) >= 11 is 0. The van der Waals surface area contributed by atoms with E-state index in [0.717, 1.165) is 61.9 Å². The van der Waals surface area contributed by atoms with Gasteiger partial charge in [-0.1, -0.05) is 18.7 Å². The summed E-state index contributed by atoms with van der Waals surface area (Å²) in [5.74, 6) is 1.38. The van der Waals surface area contributed by atoms with Gasteiger partial charge in [0.2, 0.25) is 11.9 Å². The van der Waals surface area contributed by atoms with Crippen LogP contribution in [-0.4, -0.2) is 83.9 Å². The van der Waals surface area contributed by atoms with Gasteiger partial charge in [-0.3, -0.25) is 9.69 Å². The molecule has 11 nitrogen and oxygen atoms in total. The Morgan fingerprint density at radius 3 is 2.73 bits per heavy atom. The van der Waals surface area contributed by atoms with E-state index in [9.17, 15) is 4.79 Å². The first-order valence-electron chi connectivity index (χ1n) is 13.2. The molecule has 1 saturated heterocycles. The number of carbonyl (C=O) groups is 1. The van der Waals surface area contributed by atoms with Crippen molar-refractivity contribution in [2.75, 3.05) is 69.1 Å². The maximum absolute atomic E-state index is 12.3. The molecule has 0 atom stereocenters. The zero-order chi connectivity index (χ0) is 28.1. The second kappa shape index (κ2) is 12.1. The van der Waals surface area contributed by atoms with E-state index < -0.39 is 0 Å². The number of amides is 1. The first-order chi connectivity index (χ1) is 19.5. The fourth-order valence-corrected chi connectivity index (χ4v) is 4.71. The number of likely N-dealkylation sites (N-methyl/N-ethyl adjacent to an activating group) is 1. The number of rotatable bonds is 10. The molecule has 1 fully saturated rings. The summed E-state index contributed by atoms with van der Waals surface area (Å²) in [5.41, 5.74) is 4.63. The van der Waals surface area contributed by atoms with Crippen molar-refractivity contribution in [2.45, 2.75) is 0 Å². The maximum atomic E-state index is 12.3. The zero-order valence-corrected chi connectivity index (χ0v) is 23.1. The van der Waals surface area contributed by atoms with Gasteiger partial charge in [-0.15, -0.1) is 0 Å². The van der Waals surface area contributed by atoms with E-state index >= 15 is 0 Å². The summed E-state index contributed by atoms with van der Waals surface area (Å²) in [6.45, 7) is 8.55. The number of hydrogen-bond acceptors (Lipinski definition) is 9. The molecule has 0 aliphatic carbocycles. The van der Waals surface area contributed by atoms with Crippen molar-refractivity contribution in [1.82, 2.24) is 24.4 Å². The summed E-state index contributed by atoms with van der Waals surface area (Å²) in [6, 6.07) is 13.5. The zero-order valence-electron chi connectivity index (χ0n) is 23.1. The highest BCUT2D eigenvalue weighted by Gasteiger charge is 2.18. The molecule has 0 saturated carbocycles.